The van der Waals surface area contributed by atoms with Gasteiger partial charge in [-0.15, -0.1) is 11.3 Å². The summed E-state index contributed by atoms with van der Waals surface area (Å²) in [5.41, 5.74) is 0.394. The number of aryl methyl sites for hydroxylation is 1. The molecule has 0 spiro atoms. The maximum absolute atomic E-state index is 13.1. The molecule has 0 aliphatic rings. The summed E-state index contributed by atoms with van der Waals surface area (Å²) in [6.45, 7) is 1.57. The maximum Gasteiger partial charge on any atom is 0.265 e. The summed E-state index contributed by atoms with van der Waals surface area (Å²) < 4.78 is 38.6. The topological polar surface area (TPSA) is 0 Å². The number of halogens is 3. The molecule has 0 atom stereocenters. The standard InChI is InChI=1S/C10H7F3S/c1-5-2-6-7(10(12)13)4-14-9(6)3-8(5)11/h2-4,10H,1H3. The molecule has 0 saturated heterocycles. The van der Waals surface area contributed by atoms with Crippen LogP contribution in [0.25, 0.3) is 10.1 Å². The molecule has 0 saturated carbocycles. The van der Waals surface area contributed by atoms with Crippen molar-refractivity contribution in [2.45, 2.75) is 13.3 Å². The second-order valence-corrected chi connectivity index (χ2v) is 4.00. The van der Waals surface area contributed by atoms with Gasteiger partial charge in [0, 0.05) is 21.0 Å². The van der Waals surface area contributed by atoms with E-state index >= 15 is 0 Å². The predicted molar refractivity (Wildman–Crippen MR) is 51.5 cm³/mol. The quantitative estimate of drug-likeness (QED) is 0.667. The highest BCUT2D eigenvalue weighted by Gasteiger charge is 2.14. The molecule has 74 valence electrons. The van der Waals surface area contributed by atoms with Crippen LogP contribution in [0.1, 0.15) is 17.6 Å². The molecule has 2 aromatic rings. The maximum atomic E-state index is 13.1. The second kappa shape index (κ2) is 3.28. The third kappa shape index (κ3) is 1.39. The second-order valence-electron chi connectivity index (χ2n) is 3.09. The summed E-state index contributed by atoms with van der Waals surface area (Å²) in [6.07, 6.45) is -2.49. The van der Waals surface area contributed by atoms with E-state index in [0.717, 1.165) is 11.3 Å². The fourth-order valence-electron chi connectivity index (χ4n) is 1.35. The van der Waals surface area contributed by atoms with Gasteiger partial charge in [-0.05, 0) is 24.6 Å². The smallest absolute Gasteiger partial charge is 0.207 e. The number of benzene rings is 1. The van der Waals surface area contributed by atoms with Gasteiger partial charge in [-0.1, -0.05) is 0 Å². The molecule has 1 aromatic heterocycles. The molecule has 0 aliphatic heterocycles. The van der Waals surface area contributed by atoms with Crippen molar-refractivity contribution >= 4 is 21.4 Å². The zero-order valence-electron chi connectivity index (χ0n) is 7.35. The lowest BCUT2D eigenvalue weighted by Gasteiger charge is -1.99. The van der Waals surface area contributed by atoms with Gasteiger partial charge in [0.05, 0.1) is 0 Å². The van der Waals surface area contributed by atoms with Crippen LogP contribution >= 0.6 is 11.3 Å². The molecular weight excluding hydrogens is 209 g/mol. The van der Waals surface area contributed by atoms with E-state index in [1.54, 1.807) is 6.92 Å². The van der Waals surface area contributed by atoms with Crippen molar-refractivity contribution in [3.05, 3.63) is 34.5 Å². The van der Waals surface area contributed by atoms with Crippen LogP contribution in [0.4, 0.5) is 13.2 Å². The van der Waals surface area contributed by atoms with Gasteiger partial charge in [0.25, 0.3) is 6.43 Å². The Balaban J connectivity index is 2.74. The first-order valence-corrected chi connectivity index (χ1v) is 4.93. The third-order valence-electron chi connectivity index (χ3n) is 2.12. The molecule has 0 unspecified atom stereocenters. The normalized spacial score (nSPS) is 11.5. The summed E-state index contributed by atoms with van der Waals surface area (Å²) in [4.78, 5) is 0. The number of thiophene rings is 1. The molecule has 4 heteroatoms. The van der Waals surface area contributed by atoms with E-state index in [2.05, 4.69) is 0 Å². The van der Waals surface area contributed by atoms with Gasteiger partial charge in [0.15, 0.2) is 0 Å². The van der Waals surface area contributed by atoms with Gasteiger partial charge in [-0.3, -0.25) is 0 Å². The summed E-state index contributed by atoms with van der Waals surface area (Å²) in [7, 11) is 0. The molecule has 2 rings (SSSR count). The molecular formula is C10H7F3S. The van der Waals surface area contributed by atoms with E-state index in [1.165, 1.54) is 17.5 Å². The van der Waals surface area contributed by atoms with Crippen molar-refractivity contribution in [1.29, 1.82) is 0 Å². The Hall–Kier alpha value is -1.03. The minimum atomic E-state index is -2.49. The highest BCUT2D eigenvalue weighted by Crippen LogP contribution is 2.34. The van der Waals surface area contributed by atoms with Crippen molar-refractivity contribution in [3.8, 4) is 0 Å². The largest absolute Gasteiger partial charge is 0.265 e. The van der Waals surface area contributed by atoms with Crippen LogP contribution in [0.2, 0.25) is 0 Å². The van der Waals surface area contributed by atoms with Crippen LogP contribution in [-0.2, 0) is 0 Å². The molecule has 0 aliphatic carbocycles. The van der Waals surface area contributed by atoms with Crippen molar-refractivity contribution in [2.75, 3.05) is 0 Å². The molecule has 1 heterocycles. The Morgan fingerprint density at radius 1 is 1.29 bits per heavy atom. The number of hydrogen-bond donors (Lipinski definition) is 0. The Morgan fingerprint density at radius 2 is 2.00 bits per heavy atom. The summed E-state index contributed by atoms with van der Waals surface area (Å²) in [5.74, 6) is -0.347. The fourth-order valence-corrected chi connectivity index (χ4v) is 2.30. The lowest BCUT2D eigenvalue weighted by molar-refractivity contribution is 0.153. The van der Waals surface area contributed by atoms with Crippen LogP contribution in [0.3, 0.4) is 0 Å². The molecule has 0 N–H and O–H groups in total. The number of alkyl halides is 2. The highest BCUT2D eigenvalue weighted by molar-refractivity contribution is 7.17. The summed E-state index contributed by atoms with van der Waals surface area (Å²) in [5, 5.41) is 1.85. The van der Waals surface area contributed by atoms with Gasteiger partial charge in [-0.25, -0.2) is 13.2 Å². The molecule has 0 amide bonds. The minimum Gasteiger partial charge on any atom is -0.207 e. The zero-order chi connectivity index (χ0) is 10.3. The number of hydrogen-bond acceptors (Lipinski definition) is 1. The van der Waals surface area contributed by atoms with Gasteiger partial charge >= 0.3 is 0 Å². The Bertz CT molecular complexity index is 473. The van der Waals surface area contributed by atoms with Gasteiger partial charge in [0.2, 0.25) is 0 Å². The van der Waals surface area contributed by atoms with Crippen LogP contribution in [0.15, 0.2) is 17.5 Å². The van der Waals surface area contributed by atoms with Gasteiger partial charge in [0.1, 0.15) is 5.82 Å². The SMILES string of the molecule is Cc1cc2c(C(F)F)csc2cc1F. The lowest BCUT2D eigenvalue weighted by Crippen LogP contribution is -1.84. The van der Waals surface area contributed by atoms with Gasteiger partial charge in [-0.2, -0.15) is 0 Å². The number of fused-ring (bicyclic) bond motifs is 1. The van der Waals surface area contributed by atoms with Crippen LogP contribution < -0.4 is 0 Å². The van der Waals surface area contributed by atoms with Crippen molar-refractivity contribution in [1.82, 2.24) is 0 Å². The molecule has 0 fully saturated rings. The first kappa shape index (κ1) is 9.52. The van der Waals surface area contributed by atoms with E-state index in [9.17, 15) is 13.2 Å². The van der Waals surface area contributed by atoms with E-state index in [4.69, 9.17) is 0 Å². The molecule has 14 heavy (non-hydrogen) atoms. The van der Waals surface area contributed by atoms with Crippen LogP contribution in [0, 0.1) is 12.7 Å². The number of rotatable bonds is 1. The predicted octanol–water partition coefficient (Wildman–Crippen LogP) is 4.29. The first-order chi connectivity index (χ1) is 6.59. The molecule has 0 nitrogen and oxygen atoms in total. The molecule has 1 aromatic carbocycles. The molecule has 0 bridgehead atoms. The first-order valence-electron chi connectivity index (χ1n) is 4.05. The van der Waals surface area contributed by atoms with Crippen molar-refractivity contribution in [3.63, 3.8) is 0 Å². The Morgan fingerprint density at radius 3 is 2.64 bits per heavy atom. The van der Waals surface area contributed by atoms with E-state index in [-0.39, 0.29) is 11.4 Å². The zero-order valence-corrected chi connectivity index (χ0v) is 8.17. The van der Waals surface area contributed by atoms with Crippen molar-refractivity contribution in [2.24, 2.45) is 0 Å². The Labute approximate surface area is 83.0 Å². The summed E-state index contributed by atoms with van der Waals surface area (Å²) >= 11 is 1.15. The van der Waals surface area contributed by atoms with Crippen LogP contribution in [-0.4, -0.2) is 0 Å². The molecule has 0 radical (unpaired) electrons. The Kier molecular flexibility index (Phi) is 2.23. The minimum absolute atomic E-state index is 0.00639. The fraction of sp³-hybridized carbons (Fsp3) is 0.200. The van der Waals surface area contributed by atoms with E-state index in [1.807, 2.05) is 0 Å². The van der Waals surface area contributed by atoms with Gasteiger partial charge < -0.3 is 0 Å². The highest BCUT2D eigenvalue weighted by atomic mass is 32.1. The third-order valence-corrected chi connectivity index (χ3v) is 3.08. The lowest BCUT2D eigenvalue weighted by atomic mass is 10.1. The van der Waals surface area contributed by atoms with Crippen LogP contribution in [0.5, 0.6) is 0 Å². The average molecular weight is 216 g/mol. The average Bonchev–Trinajstić information content (AvgIpc) is 2.48. The van der Waals surface area contributed by atoms with E-state index in [0.29, 0.717) is 15.6 Å². The van der Waals surface area contributed by atoms with E-state index < -0.39 is 6.43 Å². The summed E-state index contributed by atoms with van der Waals surface area (Å²) in [6, 6.07) is 2.78. The monoisotopic (exact) mass is 216 g/mol. The van der Waals surface area contributed by atoms with Crippen molar-refractivity contribution < 1.29 is 13.2 Å².